The Kier molecular flexibility index (Phi) is 3.84. The van der Waals surface area contributed by atoms with Crippen LogP contribution in [0.15, 0.2) is 139 Å². The van der Waals surface area contributed by atoms with E-state index in [1.165, 1.54) is 0 Å². The molecule has 0 aliphatic heterocycles. The maximum atomic E-state index is 9.53. The number of thiophene rings is 2. The van der Waals surface area contributed by atoms with E-state index in [0.717, 1.165) is 37.1 Å². The van der Waals surface area contributed by atoms with E-state index >= 15 is 0 Å². The van der Waals surface area contributed by atoms with Gasteiger partial charge in [-0.2, -0.15) is 0 Å². The highest BCUT2D eigenvalue weighted by atomic mass is 32.1. The zero-order valence-corrected chi connectivity index (χ0v) is 24.2. The Morgan fingerprint density at radius 3 is 2.11 bits per heavy atom. The number of rotatable bonds is 4. The summed E-state index contributed by atoms with van der Waals surface area (Å²) >= 11 is 2.50. The molecular formula is C39H23N3S2. The number of benzene rings is 6. The van der Waals surface area contributed by atoms with Crippen molar-refractivity contribution in [2.45, 2.75) is 0 Å². The predicted molar refractivity (Wildman–Crippen MR) is 187 cm³/mol. The van der Waals surface area contributed by atoms with E-state index in [-0.39, 0.29) is 60.6 Å². The molecule has 44 heavy (non-hydrogen) atoms. The monoisotopic (exact) mass is 608 g/mol. The van der Waals surface area contributed by atoms with E-state index in [4.69, 9.17) is 25.9 Å². The highest BCUT2D eigenvalue weighted by molar-refractivity contribution is 7.26. The normalized spacial score (nSPS) is 15.1. The molecule has 206 valence electrons. The van der Waals surface area contributed by atoms with Crippen LogP contribution in [0.4, 0.5) is 0 Å². The van der Waals surface area contributed by atoms with Crippen LogP contribution in [0.2, 0.25) is 0 Å². The summed E-state index contributed by atoms with van der Waals surface area (Å²) in [5.74, 6) is 0.566. The van der Waals surface area contributed by atoms with Gasteiger partial charge in [0, 0.05) is 57.0 Å². The number of aromatic nitrogens is 3. The smallest absolute Gasteiger partial charge is 0.165 e. The largest absolute Gasteiger partial charge is 0.208 e. The standard InChI is InChI=1S/C39H23N3S2/c1-3-11-24(12-4-1)27-16-10-20-33-35(27)30-22-21-26(23-34(30)43-33)38-40-37(25-13-5-2-6-14-25)41-39(42-38)31-18-9-17-29-28-15-7-8-19-32(28)44-36(29)31/h1-23H/i1D,3D,4D,10D,11D,12D,16D,20D,21D,22D,23D. The first-order valence-corrected chi connectivity index (χ1v) is 15.3. The van der Waals surface area contributed by atoms with Gasteiger partial charge < -0.3 is 0 Å². The summed E-state index contributed by atoms with van der Waals surface area (Å²) in [6.45, 7) is 0. The van der Waals surface area contributed by atoms with Gasteiger partial charge in [0.2, 0.25) is 0 Å². The van der Waals surface area contributed by atoms with E-state index in [1.807, 2.05) is 66.7 Å². The first kappa shape index (κ1) is 16.6. The molecule has 0 amide bonds. The second kappa shape index (κ2) is 10.2. The van der Waals surface area contributed by atoms with Gasteiger partial charge in [0.15, 0.2) is 17.5 Å². The number of hydrogen-bond donors (Lipinski definition) is 0. The van der Waals surface area contributed by atoms with Gasteiger partial charge in [-0.3, -0.25) is 0 Å². The van der Waals surface area contributed by atoms with Gasteiger partial charge >= 0.3 is 0 Å². The average Bonchev–Trinajstić information content (AvgIpc) is 3.79. The third-order valence-corrected chi connectivity index (χ3v) is 9.60. The van der Waals surface area contributed by atoms with Crippen molar-refractivity contribution in [3.8, 4) is 45.3 Å². The lowest BCUT2D eigenvalue weighted by Crippen LogP contribution is -2.00. The summed E-state index contributed by atoms with van der Waals surface area (Å²) < 4.78 is 98.8. The van der Waals surface area contributed by atoms with E-state index in [1.54, 1.807) is 11.3 Å². The molecule has 3 nitrogen and oxygen atoms in total. The van der Waals surface area contributed by atoms with Gasteiger partial charge in [0.1, 0.15) is 0 Å². The van der Waals surface area contributed by atoms with Crippen LogP contribution in [0.3, 0.4) is 0 Å². The fourth-order valence-corrected chi connectivity index (χ4v) is 7.60. The van der Waals surface area contributed by atoms with Gasteiger partial charge in [-0.1, -0.05) is 115 Å². The summed E-state index contributed by atoms with van der Waals surface area (Å²) in [6.07, 6.45) is 0. The highest BCUT2D eigenvalue weighted by Gasteiger charge is 2.18. The molecule has 0 unspecified atom stereocenters. The minimum absolute atomic E-state index is 0.000769. The Balaban J connectivity index is 1.37. The van der Waals surface area contributed by atoms with Gasteiger partial charge in [-0.25, -0.2) is 15.0 Å². The number of hydrogen-bond acceptors (Lipinski definition) is 5. The molecule has 6 aromatic carbocycles. The van der Waals surface area contributed by atoms with Crippen molar-refractivity contribution >= 4 is 63.0 Å². The summed E-state index contributed by atoms with van der Waals surface area (Å²) in [5.41, 5.74) is 0.725. The van der Waals surface area contributed by atoms with Crippen molar-refractivity contribution in [2.24, 2.45) is 0 Å². The van der Waals surface area contributed by atoms with Crippen molar-refractivity contribution in [1.29, 1.82) is 0 Å². The lowest BCUT2D eigenvalue weighted by Gasteiger charge is -2.09. The molecule has 0 atom stereocenters. The molecule has 0 saturated heterocycles. The van der Waals surface area contributed by atoms with Crippen LogP contribution in [-0.2, 0) is 0 Å². The van der Waals surface area contributed by atoms with Crippen molar-refractivity contribution in [1.82, 2.24) is 15.0 Å². The zero-order chi connectivity index (χ0) is 38.6. The molecule has 0 radical (unpaired) electrons. The van der Waals surface area contributed by atoms with Crippen molar-refractivity contribution in [2.75, 3.05) is 0 Å². The lowest BCUT2D eigenvalue weighted by molar-refractivity contribution is 1.08. The van der Waals surface area contributed by atoms with Crippen LogP contribution < -0.4 is 0 Å². The van der Waals surface area contributed by atoms with Gasteiger partial charge in [-0.05, 0) is 35.3 Å². The summed E-state index contributed by atoms with van der Waals surface area (Å²) in [6, 6.07) is 17.4. The Hall–Kier alpha value is -5.23. The number of nitrogens with zero attached hydrogens (tertiary/aromatic N) is 3. The fraction of sp³-hybridized carbons (Fsp3) is 0. The van der Waals surface area contributed by atoms with Crippen LogP contribution in [0.25, 0.3) is 85.6 Å². The maximum Gasteiger partial charge on any atom is 0.165 e. The molecule has 0 bridgehead atoms. The van der Waals surface area contributed by atoms with Crippen molar-refractivity contribution < 1.29 is 15.1 Å². The Morgan fingerprint density at radius 2 is 1.23 bits per heavy atom. The van der Waals surface area contributed by atoms with Gasteiger partial charge in [-0.15, -0.1) is 22.7 Å². The zero-order valence-electron chi connectivity index (χ0n) is 33.6. The van der Waals surface area contributed by atoms with E-state index in [9.17, 15) is 4.11 Å². The summed E-state index contributed by atoms with van der Waals surface area (Å²) in [5, 5.41) is 2.10. The van der Waals surface area contributed by atoms with Gasteiger partial charge in [0.25, 0.3) is 0 Å². The molecule has 9 aromatic rings. The number of fused-ring (bicyclic) bond motifs is 6. The molecule has 0 aliphatic carbocycles. The molecule has 0 aliphatic rings. The third kappa shape index (κ3) is 4.13. The molecule has 0 spiro atoms. The average molecular weight is 609 g/mol. The first-order chi connectivity index (χ1) is 26.4. The Bertz CT molecular complexity index is 3100. The van der Waals surface area contributed by atoms with Crippen LogP contribution in [0.1, 0.15) is 15.1 Å². The third-order valence-electron chi connectivity index (χ3n) is 7.36. The molecule has 0 fully saturated rings. The topological polar surface area (TPSA) is 38.7 Å². The van der Waals surface area contributed by atoms with E-state index < -0.39 is 54.4 Å². The van der Waals surface area contributed by atoms with Crippen LogP contribution in [0.5, 0.6) is 0 Å². The minimum Gasteiger partial charge on any atom is -0.208 e. The predicted octanol–water partition coefficient (Wildman–Crippen LogP) is 11.3. The van der Waals surface area contributed by atoms with Crippen LogP contribution >= 0.6 is 22.7 Å². The van der Waals surface area contributed by atoms with E-state index in [0.29, 0.717) is 11.4 Å². The van der Waals surface area contributed by atoms with Gasteiger partial charge in [0.05, 0.1) is 15.1 Å². The molecular weight excluding hydrogens is 575 g/mol. The lowest BCUT2D eigenvalue weighted by atomic mass is 9.99. The Labute approximate surface area is 277 Å². The molecule has 0 saturated carbocycles. The molecule has 9 rings (SSSR count). The minimum atomic E-state index is -0.647. The highest BCUT2D eigenvalue weighted by Crippen LogP contribution is 2.42. The molecule has 3 aromatic heterocycles. The second-order valence-electron chi connectivity index (χ2n) is 9.96. The molecule has 0 N–H and O–H groups in total. The van der Waals surface area contributed by atoms with E-state index in [2.05, 4.69) is 6.07 Å². The van der Waals surface area contributed by atoms with Crippen LogP contribution in [0, 0.1) is 0 Å². The first-order valence-electron chi connectivity index (χ1n) is 19.1. The fourth-order valence-electron chi connectivity index (χ4n) is 5.37. The quantitative estimate of drug-likeness (QED) is 0.199. The van der Waals surface area contributed by atoms with Crippen LogP contribution in [-0.4, -0.2) is 15.0 Å². The summed E-state index contributed by atoms with van der Waals surface area (Å²) in [7, 11) is 0. The maximum absolute atomic E-state index is 9.53. The molecule has 5 heteroatoms. The van der Waals surface area contributed by atoms with Crippen molar-refractivity contribution in [3.05, 3.63) is 139 Å². The Morgan fingerprint density at radius 1 is 0.455 bits per heavy atom. The SMILES string of the molecule is [2H]c1c([2H])c([2H])c(-c2c([2H])c([2H])c([2H])c3sc4c([2H])c(-c5nc(-c6ccccc6)nc(-c6cccc7c6sc6ccccc67)n5)c([2H])c([2H])c4c23)c([2H])c1[2H]. The second-order valence-corrected chi connectivity index (χ2v) is 12.0. The molecule has 3 heterocycles. The van der Waals surface area contributed by atoms with Crippen molar-refractivity contribution in [3.63, 3.8) is 0 Å². The summed E-state index contributed by atoms with van der Waals surface area (Å²) in [4.78, 5) is 14.5.